The molecule has 0 saturated heterocycles. The highest BCUT2D eigenvalue weighted by Gasteiger charge is 2.39. The molecule has 0 bridgehead atoms. The van der Waals surface area contributed by atoms with E-state index in [0.29, 0.717) is 76.5 Å². The second-order valence-electron chi connectivity index (χ2n) is 23.8. The molecule has 0 spiro atoms. The molecule has 0 heterocycles. The Morgan fingerprint density at radius 1 is 0.531 bits per heavy atom. The van der Waals surface area contributed by atoms with Crippen molar-refractivity contribution in [2.75, 3.05) is 20.2 Å². The number of likely N-dealkylation sites (N-methyl/N-ethyl adjacent to an activating group) is 1. The Morgan fingerprint density at radius 2 is 1.01 bits per heavy atom. The minimum Gasteiger partial charge on any atom is -0.481 e. The Kier molecular flexibility index (Phi) is 30.6. The zero-order valence-electron chi connectivity index (χ0n) is 48.6. The molecule has 462 valence electrons. The van der Waals surface area contributed by atoms with E-state index in [1.54, 1.807) is 13.8 Å². The molecule has 3 saturated carbocycles. The third kappa shape index (κ3) is 24.5. The molecule has 9 atom stereocenters. The van der Waals surface area contributed by atoms with E-state index in [9.17, 15) is 73.5 Å². The van der Waals surface area contributed by atoms with E-state index in [-0.39, 0.29) is 50.0 Å². The number of unbranched alkanes of at least 4 members (excludes halogenated alkanes) is 1. The molecule has 16 N–H and O–H groups in total. The van der Waals surface area contributed by atoms with Gasteiger partial charge in [-0.15, -0.1) is 0 Å². The molecule has 81 heavy (non-hydrogen) atoms. The van der Waals surface area contributed by atoms with E-state index in [2.05, 4.69) is 37.2 Å². The van der Waals surface area contributed by atoms with Gasteiger partial charge in [0.2, 0.25) is 47.3 Å². The van der Waals surface area contributed by atoms with Gasteiger partial charge in [0.05, 0.1) is 24.9 Å². The number of aliphatic hydroxyl groups excluding tert-OH is 3. The van der Waals surface area contributed by atoms with Crippen molar-refractivity contribution >= 4 is 59.2 Å². The summed E-state index contributed by atoms with van der Waals surface area (Å²) in [4.78, 5) is 137. The Labute approximate surface area is 477 Å². The monoisotopic (exact) mass is 1150 g/mol. The lowest BCUT2D eigenvalue weighted by Gasteiger charge is -2.35. The van der Waals surface area contributed by atoms with Crippen molar-refractivity contribution in [2.45, 2.75) is 242 Å². The summed E-state index contributed by atoms with van der Waals surface area (Å²) in [5, 5.41) is 68.5. The van der Waals surface area contributed by atoms with Gasteiger partial charge in [-0.05, 0) is 146 Å². The first kappa shape index (κ1) is 69.8. The summed E-state index contributed by atoms with van der Waals surface area (Å²) < 4.78 is 0. The predicted octanol–water partition coefficient (Wildman–Crippen LogP) is 0.180. The number of rotatable bonds is 34. The van der Waals surface area contributed by atoms with Gasteiger partial charge in [0.1, 0.15) is 48.3 Å². The fourth-order valence-corrected chi connectivity index (χ4v) is 11.1. The number of carboxylic acids is 2. The predicted molar refractivity (Wildman–Crippen MR) is 299 cm³/mol. The molecule has 25 heteroatoms. The van der Waals surface area contributed by atoms with Crippen molar-refractivity contribution in [3.05, 3.63) is 0 Å². The lowest BCUT2D eigenvalue weighted by atomic mass is 9.83. The number of carbonyl (C=O) groups excluding carboxylic acids is 8. The SMILES string of the molecule is CC(C)CC(NC(=O)C(N)CC1CCCCC1)C(=O)NC(CC1CCC(O)CC1)C(=O)NC(CCC(=O)O)C(=O)NC(CCCCN)C(=O)NC(C)C(=O)NC(CO)C(=O)N(C)C(CC1CCC(O)CC1)C(=O)NC(C(=O)O)C(C)C. The van der Waals surface area contributed by atoms with Crippen LogP contribution in [0.1, 0.15) is 176 Å². The number of nitrogens with zero attached hydrogens (tertiary/aromatic N) is 1. The summed E-state index contributed by atoms with van der Waals surface area (Å²) in [7, 11) is 1.29. The molecule has 8 amide bonds. The Morgan fingerprint density at radius 3 is 1.53 bits per heavy atom. The van der Waals surface area contributed by atoms with Gasteiger partial charge in [-0.3, -0.25) is 43.2 Å². The number of carboxylic acid groups (broad SMARTS) is 2. The van der Waals surface area contributed by atoms with Crippen molar-refractivity contribution in [2.24, 2.45) is 41.1 Å². The zero-order chi connectivity index (χ0) is 60.5. The zero-order valence-corrected chi connectivity index (χ0v) is 48.6. The van der Waals surface area contributed by atoms with Crippen LogP contribution in [-0.4, -0.2) is 176 Å². The topological polar surface area (TPSA) is 411 Å². The summed E-state index contributed by atoms with van der Waals surface area (Å²) >= 11 is 0. The third-order valence-corrected chi connectivity index (χ3v) is 16.1. The number of hydrogen-bond acceptors (Lipinski definition) is 15. The number of amides is 8. The lowest BCUT2D eigenvalue weighted by molar-refractivity contribution is -0.147. The maximum atomic E-state index is 14.4. The summed E-state index contributed by atoms with van der Waals surface area (Å²) in [6.45, 7) is 7.51. The summed E-state index contributed by atoms with van der Waals surface area (Å²) in [6.07, 6.45) is 8.58. The minimum absolute atomic E-state index is 0.0340. The Bertz CT molecular complexity index is 2060. The lowest BCUT2D eigenvalue weighted by Crippen LogP contribution is -2.61. The van der Waals surface area contributed by atoms with Crippen LogP contribution in [0.5, 0.6) is 0 Å². The smallest absolute Gasteiger partial charge is 0.326 e. The summed E-state index contributed by atoms with van der Waals surface area (Å²) in [6, 6.07) is -11.8. The largest absolute Gasteiger partial charge is 0.481 e. The van der Waals surface area contributed by atoms with Crippen LogP contribution in [0.4, 0.5) is 0 Å². The van der Waals surface area contributed by atoms with Crippen molar-refractivity contribution in [3.8, 4) is 0 Å². The molecule has 0 aromatic heterocycles. The average Bonchev–Trinajstić information content (AvgIpc) is 3.42. The molecular formula is C56H98N10O15. The fourth-order valence-electron chi connectivity index (χ4n) is 11.1. The standard InChI is InChI=1S/C56H98N10O15/c1-31(2)26-42(62-49(73)39(58)27-34-12-8-7-9-13-34)52(76)63-43(28-35-15-19-37(68)20-16-35)53(77)61-41(23-24-46(70)71)51(75)60-40(14-10-11-25-57)50(74)59-33(5)48(72)64-44(30-67)55(79)66(6)45(29-36-17-21-38(69)22-18-36)54(78)65-47(32(3)4)56(80)81/h31-45,47,67-69H,7-30,57-58H2,1-6H3,(H,59,74)(H,60,75)(H,61,77)(H,62,73)(H,63,76)(H,64,72)(H,65,78)(H,70,71)(H,80,81). The van der Waals surface area contributed by atoms with E-state index in [1.807, 2.05) is 13.8 Å². The van der Waals surface area contributed by atoms with Gasteiger partial charge < -0.3 is 79.1 Å². The second kappa shape index (κ2) is 35.5. The molecule has 25 nitrogen and oxygen atoms in total. The van der Waals surface area contributed by atoms with E-state index < -0.39 is 151 Å². The minimum atomic E-state index is -1.64. The molecular weight excluding hydrogens is 1050 g/mol. The van der Waals surface area contributed by atoms with Crippen molar-refractivity contribution in [3.63, 3.8) is 0 Å². The Balaban J connectivity index is 1.83. The van der Waals surface area contributed by atoms with Crippen molar-refractivity contribution < 1.29 is 73.5 Å². The van der Waals surface area contributed by atoms with Crippen molar-refractivity contribution in [1.29, 1.82) is 0 Å². The van der Waals surface area contributed by atoms with Crippen LogP contribution in [0, 0.1) is 29.6 Å². The highest BCUT2D eigenvalue weighted by atomic mass is 16.4. The first-order valence-corrected chi connectivity index (χ1v) is 29.5. The van der Waals surface area contributed by atoms with E-state index >= 15 is 0 Å². The molecule has 3 aliphatic carbocycles. The molecule has 3 rings (SSSR count). The number of nitrogens with one attached hydrogen (secondary N) is 7. The molecule has 0 aromatic carbocycles. The van der Waals surface area contributed by atoms with E-state index in [0.717, 1.165) is 37.0 Å². The van der Waals surface area contributed by atoms with Gasteiger partial charge >= 0.3 is 11.9 Å². The fraction of sp³-hybridized carbons (Fsp3) is 0.821. The highest BCUT2D eigenvalue weighted by molar-refractivity contribution is 5.98. The van der Waals surface area contributed by atoms with Gasteiger partial charge in [0, 0.05) is 13.5 Å². The van der Waals surface area contributed by atoms with Crippen LogP contribution < -0.4 is 48.7 Å². The first-order chi connectivity index (χ1) is 38.2. The van der Waals surface area contributed by atoms with Crippen molar-refractivity contribution in [1.82, 2.24) is 42.1 Å². The van der Waals surface area contributed by atoms with Crippen LogP contribution >= 0.6 is 0 Å². The number of hydrogen-bond donors (Lipinski definition) is 14. The number of carbonyl (C=O) groups is 10. The van der Waals surface area contributed by atoms with E-state index in [4.69, 9.17) is 11.5 Å². The van der Waals surface area contributed by atoms with Gasteiger partial charge in [-0.2, -0.15) is 0 Å². The number of nitrogens with two attached hydrogens (primary N) is 2. The number of aliphatic hydroxyl groups is 3. The highest BCUT2D eigenvalue weighted by Crippen LogP contribution is 2.31. The van der Waals surface area contributed by atoms with Gasteiger partial charge in [0.15, 0.2) is 0 Å². The van der Waals surface area contributed by atoms with Crippen LogP contribution in [0.25, 0.3) is 0 Å². The maximum Gasteiger partial charge on any atom is 0.326 e. The van der Waals surface area contributed by atoms with Gasteiger partial charge in [-0.25, -0.2) is 4.79 Å². The van der Waals surface area contributed by atoms with Crippen LogP contribution in [0.3, 0.4) is 0 Å². The number of aliphatic carboxylic acids is 2. The van der Waals surface area contributed by atoms with Gasteiger partial charge in [-0.1, -0.05) is 59.8 Å². The first-order valence-electron chi connectivity index (χ1n) is 29.5. The molecule has 3 fully saturated rings. The normalized spacial score (nSPS) is 22.0. The molecule has 0 aromatic rings. The van der Waals surface area contributed by atoms with E-state index in [1.165, 1.54) is 14.0 Å². The maximum absolute atomic E-state index is 14.4. The quantitative estimate of drug-likeness (QED) is 0.0382. The molecule has 3 aliphatic rings. The van der Waals surface area contributed by atoms with Crippen LogP contribution in [0.15, 0.2) is 0 Å². The third-order valence-electron chi connectivity index (χ3n) is 16.1. The molecule has 0 aliphatic heterocycles. The molecule has 0 radical (unpaired) electrons. The van der Waals surface area contributed by atoms with Crippen LogP contribution in [0.2, 0.25) is 0 Å². The Hall–Kier alpha value is -5.50. The van der Waals surface area contributed by atoms with Gasteiger partial charge in [0.25, 0.3) is 0 Å². The van der Waals surface area contributed by atoms with Crippen LogP contribution in [-0.2, 0) is 47.9 Å². The molecule has 9 unspecified atom stereocenters. The average molecular weight is 1150 g/mol. The second-order valence-corrected chi connectivity index (χ2v) is 23.8. The summed E-state index contributed by atoms with van der Waals surface area (Å²) in [5.74, 6) is -9.61. The summed E-state index contributed by atoms with van der Waals surface area (Å²) in [5.41, 5.74) is 12.1.